The Balaban J connectivity index is 1.90. The third-order valence-electron chi connectivity index (χ3n) is 3.38. The van der Waals surface area contributed by atoms with Crippen molar-refractivity contribution in [1.82, 2.24) is 14.6 Å². The van der Waals surface area contributed by atoms with E-state index in [1.807, 2.05) is 12.3 Å². The molecule has 0 saturated heterocycles. The summed E-state index contributed by atoms with van der Waals surface area (Å²) in [6.07, 6.45) is 5.31. The van der Waals surface area contributed by atoms with Gasteiger partial charge >= 0.3 is 0 Å². The molecule has 0 aliphatic heterocycles. The van der Waals surface area contributed by atoms with Crippen molar-refractivity contribution in [3.8, 4) is 0 Å². The summed E-state index contributed by atoms with van der Waals surface area (Å²) in [4.78, 5) is 4.51. The molecular weight excluding hydrogens is 238 g/mol. The number of rotatable bonds is 1. The van der Waals surface area contributed by atoms with Gasteiger partial charge in [0.25, 0.3) is 0 Å². The van der Waals surface area contributed by atoms with Crippen LogP contribution in [0.15, 0.2) is 18.3 Å². The number of aromatic nitrogens is 3. The Kier molecular flexibility index (Phi) is 2.76. The molecule has 0 amide bonds. The van der Waals surface area contributed by atoms with Crippen LogP contribution in [0.25, 0.3) is 5.65 Å². The van der Waals surface area contributed by atoms with Gasteiger partial charge in [0.1, 0.15) is 0 Å². The van der Waals surface area contributed by atoms with E-state index in [1.165, 1.54) is 0 Å². The first-order valence-corrected chi connectivity index (χ1v) is 6.30. The lowest BCUT2D eigenvalue weighted by molar-refractivity contribution is 0.121. The first-order chi connectivity index (χ1) is 8.22. The predicted octanol–water partition coefficient (Wildman–Crippen LogP) is 2.40. The van der Waals surface area contributed by atoms with Crippen LogP contribution in [0.3, 0.4) is 0 Å². The van der Waals surface area contributed by atoms with Crippen molar-refractivity contribution in [2.75, 3.05) is 0 Å². The molecule has 17 heavy (non-hydrogen) atoms. The topological polar surface area (TPSA) is 50.4 Å². The standard InChI is InChI=1S/C12H14ClN3O/c13-9-5-6-16-11(7-9)14-12(15-16)8-1-3-10(17)4-2-8/h5-8,10,17H,1-4H2. The van der Waals surface area contributed by atoms with Crippen LogP contribution in [0.1, 0.15) is 37.4 Å². The van der Waals surface area contributed by atoms with Crippen molar-refractivity contribution in [3.05, 3.63) is 29.2 Å². The quantitative estimate of drug-likeness (QED) is 0.847. The molecule has 0 unspecified atom stereocenters. The lowest BCUT2D eigenvalue weighted by Gasteiger charge is -2.22. The molecule has 0 atom stereocenters. The van der Waals surface area contributed by atoms with Gasteiger partial charge < -0.3 is 5.11 Å². The molecule has 1 fully saturated rings. The lowest BCUT2D eigenvalue weighted by atomic mass is 9.87. The molecule has 1 aliphatic rings. The molecule has 2 aromatic heterocycles. The highest BCUT2D eigenvalue weighted by Gasteiger charge is 2.23. The minimum Gasteiger partial charge on any atom is -0.393 e. The zero-order valence-corrected chi connectivity index (χ0v) is 10.1. The zero-order chi connectivity index (χ0) is 11.8. The number of aliphatic hydroxyl groups excluding tert-OH is 1. The zero-order valence-electron chi connectivity index (χ0n) is 9.38. The van der Waals surface area contributed by atoms with E-state index in [1.54, 1.807) is 10.6 Å². The Morgan fingerprint density at radius 1 is 1.29 bits per heavy atom. The van der Waals surface area contributed by atoms with E-state index < -0.39 is 0 Å². The number of hydrogen-bond acceptors (Lipinski definition) is 3. The Labute approximate surface area is 104 Å². The van der Waals surface area contributed by atoms with Crippen molar-refractivity contribution in [2.45, 2.75) is 37.7 Å². The number of fused-ring (bicyclic) bond motifs is 1. The molecule has 1 N–H and O–H groups in total. The highest BCUT2D eigenvalue weighted by molar-refractivity contribution is 6.30. The van der Waals surface area contributed by atoms with Crippen molar-refractivity contribution >= 4 is 17.2 Å². The fraction of sp³-hybridized carbons (Fsp3) is 0.500. The maximum Gasteiger partial charge on any atom is 0.157 e. The Morgan fingerprint density at radius 2 is 2.06 bits per heavy atom. The number of halogens is 1. The van der Waals surface area contributed by atoms with Gasteiger partial charge in [-0.15, -0.1) is 0 Å². The second kappa shape index (κ2) is 4.27. The summed E-state index contributed by atoms with van der Waals surface area (Å²) in [7, 11) is 0. The molecule has 0 bridgehead atoms. The summed E-state index contributed by atoms with van der Waals surface area (Å²) in [6.45, 7) is 0. The third-order valence-corrected chi connectivity index (χ3v) is 3.61. The fourth-order valence-electron chi connectivity index (χ4n) is 2.38. The van der Waals surface area contributed by atoms with Crippen LogP contribution in [0, 0.1) is 0 Å². The number of aliphatic hydroxyl groups is 1. The predicted molar refractivity (Wildman–Crippen MR) is 65.2 cm³/mol. The number of pyridine rings is 1. The lowest BCUT2D eigenvalue weighted by Crippen LogP contribution is -2.17. The van der Waals surface area contributed by atoms with Gasteiger partial charge in [-0.2, -0.15) is 5.10 Å². The molecule has 2 heterocycles. The first kappa shape index (κ1) is 11.0. The Bertz CT molecular complexity index is 532. The summed E-state index contributed by atoms with van der Waals surface area (Å²) >= 11 is 5.92. The summed E-state index contributed by atoms with van der Waals surface area (Å²) in [5, 5.41) is 14.6. The van der Waals surface area contributed by atoms with Crippen LogP contribution in [0.5, 0.6) is 0 Å². The second-order valence-electron chi connectivity index (χ2n) is 4.62. The molecule has 1 aliphatic carbocycles. The molecule has 90 valence electrons. The van der Waals surface area contributed by atoms with Crippen LogP contribution in [-0.4, -0.2) is 25.8 Å². The van der Waals surface area contributed by atoms with E-state index in [-0.39, 0.29) is 6.10 Å². The van der Waals surface area contributed by atoms with E-state index >= 15 is 0 Å². The maximum atomic E-state index is 9.49. The first-order valence-electron chi connectivity index (χ1n) is 5.92. The molecule has 3 rings (SSSR count). The summed E-state index contributed by atoms with van der Waals surface area (Å²) in [5.74, 6) is 1.25. The molecule has 0 aromatic carbocycles. The molecule has 1 saturated carbocycles. The largest absolute Gasteiger partial charge is 0.393 e. The monoisotopic (exact) mass is 251 g/mol. The molecule has 0 spiro atoms. The molecule has 4 nitrogen and oxygen atoms in total. The van der Waals surface area contributed by atoms with Gasteiger partial charge in [-0.05, 0) is 31.7 Å². The van der Waals surface area contributed by atoms with Gasteiger partial charge in [-0.1, -0.05) is 11.6 Å². The highest BCUT2D eigenvalue weighted by Crippen LogP contribution is 2.31. The smallest absolute Gasteiger partial charge is 0.157 e. The van der Waals surface area contributed by atoms with Crippen LogP contribution in [-0.2, 0) is 0 Å². The van der Waals surface area contributed by atoms with E-state index in [9.17, 15) is 5.11 Å². The van der Waals surface area contributed by atoms with Crippen LogP contribution >= 0.6 is 11.6 Å². The van der Waals surface area contributed by atoms with Gasteiger partial charge in [-0.3, -0.25) is 0 Å². The van der Waals surface area contributed by atoms with Gasteiger partial charge in [0, 0.05) is 23.2 Å². The van der Waals surface area contributed by atoms with E-state index in [2.05, 4.69) is 10.1 Å². The highest BCUT2D eigenvalue weighted by atomic mass is 35.5. The SMILES string of the molecule is OC1CCC(c2nc3cc(Cl)ccn3n2)CC1. The van der Waals surface area contributed by atoms with Crippen molar-refractivity contribution in [3.63, 3.8) is 0 Å². The second-order valence-corrected chi connectivity index (χ2v) is 5.06. The van der Waals surface area contributed by atoms with Crippen LogP contribution < -0.4 is 0 Å². The van der Waals surface area contributed by atoms with Gasteiger partial charge in [0.05, 0.1) is 6.10 Å². The minimum absolute atomic E-state index is 0.141. The van der Waals surface area contributed by atoms with Crippen molar-refractivity contribution in [2.24, 2.45) is 0 Å². The summed E-state index contributed by atoms with van der Waals surface area (Å²) < 4.78 is 1.76. The average molecular weight is 252 g/mol. The normalized spacial score (nSPS) is 25.3. The fourth-order valence-corrected chi connectivity index (χ4v) is 2.53. The van der Waals surface area contributed by atoms with E-state index in [0.717, 1.165) is 37.2 Å². The van der Waals surface area contributed by atoms with Gasteiger partial charge in [0.2, 0.25) is 0 Å². The van der Waals surface area contributed by atoms with Crippen LogP contribution in [0.2, 0.25) is 5.02 Å². The molecular formula is C12H14ClN3O. The summed E-state index contributed by atoms with van der Waals surface area (Å²) in [6, 6.07) is 3.62. The van der Waals surface area contributed by atoms with Gasteiger partial charge in [-0.25, -0.2) is 9.50 Å². The number of hydrogen-bond donors (Lipinski definition) is 1. The van der Waals surface area contributed by atoms with Crippen LogP contribution in [0.4, 0.5) is 0 Å². The number of nitrogens with zero attached hydrogens (tertiary/aromatic N) is 3. The Hall–Kier alpha value is -1.13. The van der Waals surface area contributed by atoms with Crippen molar-refractivity contribution < 1.29 is 5.11 Å². The molecule has 2 aromatic rings. The van der Waals surface area contributed by atoms with E-state index in [0.29, 0.717) is 10.9 Å². The average Bonchev–Trinajstić information content (AvgIpc) is 2.72. The maximum absolute atomic E-state index is 9.49. The van der Waals surface area contributed by atoms with Crippen molar-refractivity contribution in [1.29, 1.82) is 0 Å². The van der Waals surface area contributed by atoms with Gasteiger partial charge in [0.15, 0.2) is 11.5 Å². The summed E-state index contributed by atoms with van der Waals surface area (Å²) in [5.41, 5.74) is 0.790. The molecule has 5 heteroatoms. The third kappa shape index (κ3) is 2.15. The minimum atomic E-state index is -0.141. The Morgan fingerprint density at radius 3 is 2.82 bits per heavy atom. The van der Waals surface area contributed by atoms with E-state index in [4.69, 9.17) is 11.6 Å². The molecule has 0 radical (unpaired) electrons.